The molecule has 21 heavy (non-hydrogen) atoms. The highest BCUT2D eigenvalue weighted by Crippen LogP contribution is 2.34. The summed E-state index contributed by atoms with van der Waals surface area (Å²) < 4.78 is 16.3. The Hall–Kier alpha value is -2.05. The summed E-state index contributed by atoms with van der Waals surface area (Å²) in [5, 5.41) is 2.87. The Morgan fingerprint density at radius 1 is 1.00 bits per heavy atom. The van der Waals surface area contributed by atoms with Gasteiger partial charge >= 0.3 is 0 Å². The molecule has 0 radical (unpaired) electrons. The predicted octanol–water partition coefficient (Wildman–Crippen LogP) is 4.15. The molecule has 0 amide bonds. The van der Waals surface area contributed by atoms with Crippen molar-refractivity contribution in [1.82, 2.24) is 9.97 Å². The first kappa shape index (κ1) is 13.9. The summed E-state index contributed by atoms with van der Waals surface area (Å²) in [6, 6.07) is 7.15. The van der Waals surface area contributed by atoms with E-state index in [0.717, 1.165) is 10.2 Å². The Bertz CT molecular complexity index is 769. The molecule has 0 aliphatic carbocycles. The van der Waals surface area contributed by atoms with Crippen molar-refractivity contribution in [3.8, 4) is 23.1 Å². The van der Waals surface area contributed by atoms with Gasteiger partial charge in [0.05, 0.1) is 19.6 Å². The Morgan fingerprint density at radius 3 is 2.33 bits per heavy atom. The third-order valence-electron chi connectivity index (χ3n) is 2.80. The summed E-state index contributed by atoms with van der Waals surface area (Å²) in [7, 11) is 3.16. The smallest absolute Gasteiger partial charge is 0.232 e. The monoisotopic (exact) mass is 322 g/mol. The molecule has 5 nitrogen and oxygen atoms in total. The van der Waals surface area contributed by atoms with E-state index >= 15 is 0 Å². The number of benzene rings is 1. The number of hydrogen-bond acceptors (Lipinski definition) is 6. The summed E-state index contributed by atoms with van der Waals surface area (Å²) >= 11 is 7.40. The van der Waals surface area contributed by atoms with E-state index in [9.17, 15) is 0 Å². The van der Waals surface area contributed by atoms with E-state index in [4.69, 9.17) is 25.8 Å². The second kappa shape index (κ2) is 5.75. The van der Waals surface area contributed by atoms with Crippen molar-refractivity contribution in [3.05, 3.63) is 34.9 Å². The van der Waals surface area contributed by atoms with E-state index in [1.165, 1.54) is 11.3 Å². The van der Waals surface area contributed by atoms with Crippen molar-refractivity contribution < 1.29 is 14.2 Å². The van der Waals surface area contributed by atoms with Gasteiger partial charge in [-0.2, -0.15) is 4.98 Å². The highest BCUT2D eigenvalue weighted by molar-refractivity contribution is 7.16. The van der Waals surface area contributed by atoms with Crippen LogP contribution in [0.3, 0.4) is 0 Å². The van der Waals surface area contributed by atoms with Crippen molar-refractivity contribution in [2.45, 2.75) is 0 Å². The number of ether oxygens (including phenoxy) is 3. The minimum absolute atomic E-state index is 0.148. The van der Waals surface area contributed by atoms with Gasteiger partial charge in [-0.3, -0.25) is 0 Å². The highest BCUT2D eigenvalue weighted by Gasteiger charge is 2.11. The number of hydrogen-bond donors (Lipinski definition) is 0. The van der Waals surface area contributed by atoms with Crippen molar-refractivity contribution in [3.63, 3.8) is 0 Å². The molecule has 2 aromatic heterocycles. The summed E-state index contributed by atoms with van der Waals surface area (Å²) in [5.41, 5.74) is 0. The first-order valence-electron chi connectivity index (χ1n) is 6.01. The third-order valence-corrected chi connectivity index (χ3v) is 3.78. The number of halogens is 1. The highest BCUT2D eigenvalue weighted by atomic mass is 35.5. The average molecular weight is 323 g/mol. The van der Waals surface area contributed by atoms with Gasteiger partial charge < -0.3 is 14.2 Å². The normalized spacial score (nSPS) is 10.6. The van der Waals surface area contributed by atoms with Crippen LogP contribution in [0.5, 0.6) is 23.1 Å². The van der Waals surface area contributed by atoms with Gasteiger partial charge in [-0.15, -0.1) is 11.3 Å². The summed E-state index contributed by atoms with van der Waals surface area (Å²) in [6.07, 6.45) is 0. The molecule has 108 valence electrons. The lowest BCUT2D eigenvalue weighted by Crippen LogP contribution is -1.93. The van der Waals surface area contributed by atoms with Crippen molar-refractivity contribution in [2.24, 2.45) is 0 Å². The molecular weight excluding hydrogens is 312 g/mol. The number of fused-ring (bicyclic) bond motifs is 1. The largest absolute Gasteiger partial charge is 0.496 e. The van der Waals surface area contributed by atoms with Gasteiger partial charge in [0.25, 0.3) is 0 Å². The van der Waals surface area contributed by atoms with Crippen LogP contribution in [0.4, 0.5) is 0 Å². The Balaban J connectivity index is 2.03. The molecule has 0 spiro atoms. The number of nitrogens with zero attached hydrogens (tertiary/aromatic N) is 2. The number of aromatic nitrogens is 2. The maximum atomic E-state index is 5.92. The van der Waals surface area contributed by atoms with Gasteiger partial charge in [0.15, 0.2) is 0 Å². The zero-order chi connectivity index (χ0) is 14.8. The second-order valence-corrected chi connectivity index (χ2v) is 5.32. The van der Waals surface area contributed by atoms with Crippen LogP contribution in [0.25, 0.3) is 10.2 Å². The fourth-order valence-corrected chi connectivity index (χ4v) is 2.80. The van der Waals surface area contributed by atoms with Crippen LogP contribution in [0.15, 0.2) is 29.6 Å². The van der Waals surface area contributed by atoms with Gasteiger partial charge in [0, 0.05) is 18.2 Å². The topological polar surface area (TPSA) is 53.5 Å². The minimum atomic E-state index is 0.148. The van der Waals surface area contributed by atoms with E-state index in [2.05, 4.69) is 9.97 Å². The van der Waals surface area contributed by atoms with E-state index in [1.807, 2.05) is 11.4 Å². The standard InChI is InChI=1S/C14H11ClN2O3S/c1-18-8-5-9(19-2)7-10(6-8)20-12-11-3-4-21-13(11)17-14(15)16-12/h3-7H,1-2H3. The van der Waals surface area contributed by atoms with Crippen LogP contribution in [0.1, 0.15) is 0 Å². The van der Waals surface area contributed by atoms with Gasteiger partial charge in [0.1, 0.15) is 22.1 Å². The summed E-state index contributed by atoms with van der Waals surface area (Å²) in [5.74, 6) is 2.21. The molecule has 1 aromatic carbocycles. The first-order valence-corrected chi connectivity index (χ1v) is 7.27. The Labute approximate surface area is 130 Å². The molecule has 2 heterocycles. The fourth-order valence-electron chi connectivity index (χ4n) is 1.83. The quantitative estimate of drug-likeness (QED) is 0.675. The zero-order valence-corrected chi connectivity index (χ0v) is 12.9. The number of thiophene rings is 1. The molecule has 0 saturated carbocycles. The maximum absolute atomic E-state index is 5.92. The molecule has 0 aliphatic heterocycles. The molecule has 0 saturated heterocycles. The van der Waals surface area contributed by atoms with Crippen LogP contribution >= 0.6 is 22.9 Å². The average Bonchev–Trinajstić information content (AvgIpc) is 2.95. The molecule has 7 heteroatoms. The van der Waals surface area contributed by atoms with Crippen LogP contribution in [-0.2, 0) is 0 Å². The number of rotatable bonds is 4. The van der Waals surface area contributed by atoms with E-state index in [1.54, 1.807) is 32.4 Å². The van der Waals surface area contributed by atoms with Gasteiger partial charge in [0.2, 0.25) is 11.2 Å². The molecule has 0 bridgehead atoms. The van der Waals surface area contributed by atoms with Crippen LogP contribution in [-0.4, -0.2) is 24.2 Å². The third kappa shape index (κ3) is 2.86. The molecule has 0 aliphatic rings. The molecular formula is C14H11ClN2O3S. The Kier molecular flexibility index (Phi) is 3.81. The molecule has 0 N–H and O–H groups in total. The number of methoxy groups -OCH3 is 2. The van der Waals surface area contributed by atoms with Crippen LogP contribution < -0.4 is 14.2 Å². The second-order valence-electron chi connectivity index (χ2n) is 4.09. The van der Waals surface area contributed by atoms with E-state index in [0.29, 0.717) is 23.1 Å². The van der Waals surface area contributed by atoms with E-state index in [-0.39, 0.29) is 5.28 Å². The Morgan fingerprint density at radius 2 is 1.67 bits per heavy atom. The minimum Gasteiger partial charge on any atom is -0.496 e. The lowest BCUT2D eigenvalue weighted by molar-refractivity contribution is 0.385. The molecule has 3 aromatic rings. The summed E-state index contributed by atoms with van der Waals surface area (Å²) in [4.78, 5) is 9.06. The molecule has 3 rings (SSSR count). The van der Waals surface area contributed by atoms with Gasteiger partial charge in [-0.05, 0) is 23.0 Å². The van der Waals surface area contributed by atoms with Crippen molar-refractivity contribution >= 4 is 33.2 Å². The van der Waals surface area contributed by atoms with Gasteiger partial charge in [-0.1, -0.05) is 0 Å². The predicted molar refractivity (Wildman–Crippen MR) is 82.0 cm³/mol. The SMILES string of the molecule is COc1cc(OC)cc(Oc2nc(Cl)nc3sccc23)c1. The fraction of sp³-hybridized carbons (Fsp3) is 0.143. The lowest BCUT2D eigenvalue weighted by Gasteiger charge is -2.10. The molecule has 0 unspecified atom stereocenters. The van der Waals surface area contributed by atoms with Crippen LogP contribution in [0.2, 0.25) is 5.28 Å². The van der Waals surface area contributed by atoms with Crippen molar-refractivity contribution in [2.75, 3.05) is 14.2 Å². The molecule has 0 atom stereocenters. The van der Waals surface area contributed by atoms with Crippen LogP contribution in [0, 0.1) is 0 Å². The first-order chi connectivity index (χ1) is 10.2. The zero-order valence-electron chi connectivity index (χ0n) is 11.3. The van der Waals surface area contributed by atoms with Crippen molar-refractivity contribution in [1.29, 1.82) is 0 Å². The van der Waals surface area contributed by atoms with E-state index < -0.39 is 0 Å². The lowest BCUT2D eigenvalue weighted by atomic mass is 10.3. The van der Waals surface area contributed by atoms with Gasteiger partial charge in [-0.25, -0.2) is 4.98 Å². The summed E-state index contributed by atoms with van der Waals surface area (Å²) in [6.45, 7) is 0. The molecule has 0 fully saturated rings. The maximum Gasteiger partial charge on any atom is 0.232 e.